The molecule has 0 aromatic heterocycles. The number of carbonyl (C=O) groups excluding carboxylic acids is 2. The van der Waals surface area contributed by atoms with Crippen molar-refractivity contribution in [3.63, 3.8) is 0 Å². The first-order valence-electron chi connectivity index (χ1n) is 10.3. The number of aliphatic hydroxyl groups is 2. The quantitative estimate of drug-likeness (QED) is 0.334. The van der Waals surface area contributed by atoms with Crippen LogP contribution < -0.4 is 29.6 Å². The first-order chi connectivity index (χ1) is 13.8. The molecule has 10 heteroatoms. The van der Waals surface area contributed by atoms with E-state index in [2.05, 4.69) is 4.18 Å². The van der Waals surface area contributed by atoms with Gasteiger partial charge in [0.15, 0.2) is 11.6 Å². The van der Waals surface area contributed by atoms with Crippen molar-refractivity contribution < 1.29 is 66.5 Å². The van der Waals surface area contributed by atoms with Crippen LogP contribution >= 0.6 is 0 Å². The van der Waals surface area contributed by atoms with Crippen molar-refractivity contribution in [1.82, 2.24) is 0 Å². The van der Waals surface area contributed by atoms with Gasteiger partial charge < -0.3 is 10.2 Å². The Morgan fingerprint density at radius 1 is 1.29 bits per heavy atom. The number of allylic oxidation sites excluding steroid dienone is 4. The van der Waals surface area contributed by atoms with E-state index in [1.807, 2.05) is 13.0 Å². The topological polar surface area (TPSA) is 138 Å². The molecule has 4 aliphatic rings. The second kappa shape index (κ2) is 8.13. The number of rotatable bonds is 4. The Hall–Kier alpha value is -0.390. The summed E-state index contributed by atoms with van der Waals surface area (Å²) in [5.74, 6) is -0.984. The van der Waals surface area contributed by atoms with Crippen molar-refractivity contribution in [2.24, 2.45) is 28.6 Å². The van der Waals surface area contributed by atoms with Crippen molar-refractivity contribution in [2.75, 3.05) is 6.61 Å². The van der Waals surface area contributed by atoms with E-state index in [1.54, 1.807) is 19.1 Å². The largest absolute Gasteiger partial charge is 1.00 e. The second-order valence-corrected chi connectivity index (χ2v) is 10.8. The van der Waals surface area contributed by atoms with E-state index < -0.39 is 45.3 Å². The Morgan fingerprint density at radius 2 is 1.97 bits per heavy atom. The predicted octanol–water partition coefficient (Wildman–Crippen LogP) is -1.61. The van der Waals surface area contributed by atoms with Crippen molar-refractivity contribution >= 4 is 22.0 Å². The van der Waals surface area contributed by atoms with E-state index in [4.69, 9.17) is 4.55 Å². The average Bonchev–Trinajstić information content (AvgIpc) is 2.91. The third-order valence-electron chi connectivity index (χ3n) is 8.45. The van der Waals surface area contributed by atoms with Gasteiger partial charge in [0.2, 0.25) is 0 Å². The van der Waals surface area contributed by atoms with Gasteiger partial charge in [-0.1, -0.05) is 25.5 Å². The van der Waals surface area contributed by atoms with Crippen LogP contribution in [0.1, 0.15) is 46.0 Å². The second-order valence-electron chi connectivity index (χ2n) is 9.72. The summed E-state index contributed by atoms with van der Waals surface area (Å²) in [5, 5.41) is 22.6. The molecule has 166 valence electrons. The molecule has 0 unspecified atom stereocenters. The van der Waals surface area contributed by atoms with E-state index in [0.29, 0.717) is 12.8 Å². The fourth-order valence-corrected chi connectivity index (χ4v) is 7.29. The van der Waals surface area contributed by atoms with Gasteiger partial charge in [-0.2, -0.15) is 8.42 Å². The van der Waals surface area contributed by atoms with Crippen LogP contribution in [0.3, 0.4) is 0 Å². The summed E-state index contributed by atoms with van der Waals surface area (Å²) in [7, 11) is -4.80. The van der Waals surface area contributed by atoms with Crippen LogP contribution in [0, 0.1) is 28.6 Å². The molecule has 0 aromatic carbocycles. The van der Waals surface area contributed by atoms with E-state index in [9.17, 15) is 28.2 Å². The van der Waals surface area contributed by atoms with Crippen LogP contribution in [0.5, 0.6) is 0 Å². The molecular formula is C21H28NaO8S+. The number of hydrogen-bond donors (Lipinski definition) is 3. The van der Waals surface area contributed by atoms with Gasteiger partial charge in [0.05, 0.1) is 6.10 Å². The van der Waals surface area contributed by atoms with Gasteiger partial charge in [-0.05, 0) is 56.1 Å². The van der Waals surface area contributed by atoms with Crippen LogP contribution in [0.2, 0.25) is 0 Å². The first kappa shape index (κ1) is 25.2. The molecule has 0 radical (unpaired) electrons. The predicted molar refractivity (Wildman–Crippen MR) is 105 cm³/mol. The zero-order valence-corrected chi connectivity index (χ0v) is 20.9. The fourth-order valence-electron chi connectivity index (χ4n) is 7.04. The number of ketones is 2. The molecule has 3 fully saturated rings. The molecule has 7 atom stereocenters. The monoisotopic (exact) mass is 463 g/mol. The molecule has 4 aliphatic carbocycles. The maximum Gasteiger partial charge on any atom is 1.00 e. The number of hydrogen-bond acceptors (Lipinski definition) is 7. The molecule has 0 saturated heterocycles. The third-order valence-corrected chi connectivity index (χ3v) is 8.86. The molecule has 3 N–H and O–H groups in total. The summed E-state index contributed by atoms with van der Waals surface area (Å²) >= 11 is 0. The molecule has 0 amide bonds. The smallest absolute Gasteiger partial charge is 0.393 e. The van der Waals surface area contributed by atoms with Gasteiger partial charge in [0.1, 0.15) is 12.2 Å². The summed E-state index contributed by atoms with van der Waals surface area (Å²) in [6, 6.07) is 0. The third kappa shape index (κ3) is 3.85. The van der Waals surface area contributed by atoms with E-state index in [1.165, 1.54) is 0 Å². The Morgan fingerprint density at radius 3 is 2.61 bits per heavy atom. The van der Waals surface area contributed by atoms with Gasteiger partial charge in [-0.15, -0.1) is 0 Å². The normalized spacial score (nSPS) is 43.9. The minimum atomic E-state index is -4.80. The number of aliphatic hydroxyl groups excluding tert-OH is 1. The SMILES string of the molecule is C[C@]12C=CC(=O)C=C1CC[C@@H]1[C@@H]2[C@@H](O)C[C@@]2(C)[C@H]1CC[C@]2(O)C(=O)COS(=O)(=O)O.[Na+]. The van der Waals surface area contributed by atoms with Crippen molar-refractivity contribution in [2.45, 2.75) is 57.7 Å². The Labute approximate surface area is 204 Å². The zero-order chi connectivity index (χ0) is 22.1. The van der Waals surface area contributed by atoms with E-state index >= 15 is 0 Å². The van der Waals surface area contributed by atoms with Crippen LogP contribution in [0.4, 0.5) is 0 Å². The Kier molecular flexibility index (Phi) is 6.62. The van der Waals surface area contributed by atoms with Crippen molar-refractivity contribution in [3.05, 3.63) is 23.8 Å². The molecule has 0 spiro atoms. The average molecular weight is 464 g/mol. The minimum Gasteiger partial charge on any atom is -0.393 e. The van der Waals surface area contributed by atoms with Crippen molar-refractivity contribution in [3.8, 4) is 0 Å². The Bertz CT molecular complexity index is 958. The van der Waals surface area contributed by atoms with Crippen LogP contribution in [-0.2, 0) is 24.2 Å². The molecule has 8 nitrogen and oxygen atoms in total. The molecular weight excluding hydrogens is 435 g/mol. The summed E-state index contributed by atoms with van der Waals surface area (Å²) < 4.78 is 34.8. The van der Waals surface area contributed by atoms with Gasteiger partial charge in [-0.3, -0.25) is 14.1 Å². The van der Waals surface area contributed by atoms with Crippen LogP contribution in [0.15, 0.2) is 23.8 Å². The molecule has 0 heterocycles. The summed E-state index contributed by atoms with van der Waals surface area (Å²) in [6.45, 7) is 2.87. The first-order valence-corrected chi connectivity index (χ1v) is 11.7. The summed E-state index contributed by atoms with van der Waals surface area (Å²) in [5.41, 5.74) is -2.22. The summed E-state index contributed by atoms with van der Waals surface area (Å²) in [4.78, 5) is 24.6. The number of fused-ring (bicyclic) bond motifs is 5. The number of Topliss-reactive ketones (excluding diaryl/α,β-unsaturated/α-hetero) is 1. The molecule has 0 bridgehead atoms. The molecule has 3 saturated carbocycles. The molecule has 0 aliphatic heterocycles. The maximum absolute atomic E-state index is 12.8. The van der Waals surface area contributed by atoms with Crippen LogP contribution in [0.25, 0.3) is 0 Å². The van der Waals surface area contributed by atoms with E-state index in [0.717, 1.165) is 12.0 Å². The van der Waals surface area contributed by atoms with Gasteiger partial charge in [0.25, 0.3) is 0 Å². The zero-order valence-electron chi connectivity index (χ0n) is 18.1. The van der Waals surface area contributed by atoms with Crippen molar-refractivity contribution in [1.29, 1.82) is 0 Å². The minimum absolute atomic E-state index is 0. The van der Waals surface area contributed by atoms with Gasteiger partial charge in [0, 0.05) is 16.7 Å². The molecule has 31 heavy (non-hydrogen) atoms. The molecule has 4 rings (SSSR count). The summed E-state index contributed by atoms with van der Waals surface area (Å²) in [6.07, 6.45) is 6.65. The standard InChI is InChI=1S/C21H28O8S.Na/c1-19-7-5-13(22)9-12(19)3-4-14-15-6-8-21(25,17(24)11-29-30(26,27)28)20(15,2)10-16(23)18(14)19;/h5,7,9,14-16,18,23,25H,3-4,6,8,10-11H2,1-2H3,(H,26,27,28);/q;+1/t14-,15-,16-,18+,19-,20-,21-;/m0./s1. The van der Waals surface area contributed by atoms with Gasteiger partial charge >= 0.3 is 40.0 Å². The molecule has 0 aromatic rings. The number of carbonyl (C=O) groups is 2. The fraction of sp³-hybridized carbons (Fsp3) is 0.714. The van der Waals surface area contributed by atoms with E-state index in [-0.39, 0.29) is 65.9 Å². The van der Waals surface area contributed by atoms with Gasteiger partial charge in [-0.25, -0.2) is 4.18 Å². The maximum atomic E-state index is 12.8. The van der Waals surface area contributed by atoms with Crippen LogP contribution in [-0.4, -0.2) is 53.1 Å². The Balaban J connectivity index is 0.00000272.